The Morgan fingerprint density at radius 2 is 0.145 bits per heavy atom. The van der Waals surface area contributed by atoms with E-state index >= 15 is 0 Å². The summed E-state index contributed by atoms with van der Waals surface area (Å²) in [4.78, 5) is 0. The third-order valence-electron chi connectivity index (χ3n) is 15.7. The SMILES string of the molecule is CCCCCCCCCC.CCCCCCCCCC.CCCCCCCCCC.CCCCCCCCCC.CCCCCCCCCC.CCCCCCCCCC.CCCCCCCCCC.CCCCCCCCCC.O.[AlH3].[H-].[Na+]. The van der Waals surface area contributed by atoms with Crippen molar-refractivity contribution < 1.29 is 36.5 Å². The van der Waals surface area contributed by atoms with Crippen LogP contribution in [0.3, 0.4) is 0 Å². The first-order valence-corrected chi connectivity index (χ1v) is 39.3. The Balaban J connectivity index is -0.0000000701. The summed E-state index contributed by atoms with van der Waals surface area (Å²) in [6.45, 7) is 36.3. The van der Waals surface area contributed by atoms with Gasteiger partial charge in [0.25, 0.3) is 0 Å². The van der Waals surface area contributed by atoms with E-state index in [9.17, 15) is 0 Å². The second kappa shape index (κ2) is 132. The van der Waals surface area contributed by atoms with Crippen LogP contribution in [-0.4, -0.2) is 22.8 Å². The summed E-state index contributed by atoms with van der Waals surface area (Å²) in [7, 11) is 0. The Hall–Kier alpha value is 1.49. The zero-order valence-electron chi connectivity index (χ0n) is 63.8. The molecule has 3 heteroatoms. The van der Waals surface area contributed by atoms with Crippen LogP contribution in [0.2, 0.25) is 0 Å². The molecular weight excluding hydrogens is 1030 g/mol. The van der Waals surface area contributed by atoms with Gasteiger partial charge < -0.3 is 6.90 Å². The quantitative estimate of drug-likeness (QED) is 0.0429. The third kappa shape index (κ3) is 168. The fourth-order valence-corrected chi connectivity index (χ4v) is 9.66. The van der Waals surface area contributed by atoms with Crippen molar-refractivity contribution in [2.75, 3.05) is 0 Å². The molecular formula is C80H182AlNaO. The van der Waals surface area contributed by atoms with E-state index in [0.29, 0.717) is 0 Å². The van der Waals surface area contributed by atoms with Crippen LogP contribution < -0.4 is 29.6 Å². The molecule has 83 heavy (non-hydrogen) atoms. The molecule has 0 rings (SSSR count). The van der Waals surface area contributed by atoms with Gasteiger partial charge in [-0.2, -0.15) is 0 Å². The Labute approximate surface area is 571 Å². The molecule has 0 unspecified atom stereocenters. The molecule has 0 bridgehead atoms. The van der Waals surface area contributed by atoms with Crippen molar-refractivity contribution in [3.8, 4) is 0 Å². The van der Waals surface area contributed by atoms with Gasteiger partial charge in [-0.25, -0.2) is 0 Å². The molecule has 0 fully saturated rings. The van der Waals surface area contributed by atoms with Crippen LogP contribution in [0.25, 0.3) is 0 Å². The fraction of sp³-hybridized carbons (Fsp3) is 1.00. The molecule has 0 heterocycles. The van der Waals surface area contributed by atoms with Gasteiger partial charge in [0.05, 0.1) is 0 Å². The minimum absolute atomic E-state index is 0. The van der Waals surface area contributed by atoms with Gasteiger partial charge in [-0.05, 0) is 0 Å². The first kappa shape index (κ1) is 109. The standard InChI is InChI=1S/8C10H22.Al.Na.H2O.4H/c8*1-3-5-7-9-10-8-6-4-2;;;;;;;/h8*3-10H2,1-2H3;;;1H2;;;;/q;;;;;;;;;+1;;;;;-1. The first-order chi connectivity index (χ1) is 39.3. The van der Waals surface area contributed by atoms with Gasteiger partial charge in [-0.3, -0.25) is 0 Å². The zero-order chi connectivity index (χ0) is 61.3. The van der Waals surface area contributed by atoms with E-state index < -0.39 is 0 Å². The van der Waals surface area contributed by atoms with Crippen molar-refractivity contribution in [2.24, 2.45) is 0 Å². The Bertz CT molecular complexity index is 543. The van der Waals surface area contributed by atoms with Gasteiger partial charge >= 0.3 is 29.6 Å². The van der Waals surface area contributed by atoms with Crippen LogP contribution >= 0.6 is 0 Å². The normalized spacial score (nSPS) is 9.83. The second-order valence-electron chi connectivity index (χ2n) is 25.0. The van der Waals surface area contributed by atoms with Crippen LogP contribution in [0.5, 0.6) is 0 Å². The number of rotatable bonds is 56. The summed E-state index contributed by atoms with van der Waals surface area (Å²) in [6, 6.07) is 0. The molecule has 0 aliphatic rings. The summed E-state index contributed by atoms with van der Waals surface area (Å²) in [5.74, 6) is 0. The first-order valence-electron chi connectivity index (χ1n) is 39.3. The van der Waals surface area contributed by atoms with E-state index in [1.54, 1.807) is 0 Å². The number of unbranched alkanes of at least 4 members (excludes halogenated alkanes) is 56. The van der Waals surface area contributed by atoms with Gasteiger partial charge in [-0.15, -0.1) is 0 Å². The van der Waals surface area contributed by atoms with E-state index in [4.69, 9.17) is 0 Å². The molecule has 0 aromatic rings. The molecule has 1 nitrogen and oxygen atoms in total. The molecule has 0 aromatic carbocycles. The summed E-state index contributed by atoms with van der Waals surface area (Å²) in [5, 5.41) is 0. The predicted octanol–water partition coefficient (Wildman–Crippen LogP) is 28.3. The maximum Gasteiger partial charge on any atom is 1.00 e. The molecule has 0 aromatic heterocycles. The van der Waals surface area contributed by atoms with E-state index in [1.807, 2.05) is 0 Å². The Morgan fingerprint density at radius 3 is 0.181 bits per heavy atom. The van der Waals surface area contributed by atoms with Gasteiger partial charge in [-0.1, -0.05) is 522 Å². The fourth-order valence-electron chi connectivity index (χ4n) is 9.66. The maximum absolute atomic E-state index is 2.27. The second-order valence-corrected chi connectivity index (χ2v) is 25.0. The largest absolute Gasteiger partial charge is 1.00 e. The maximum atomic E-state index is 2.27. The van der Waals surface area contributed by atoms with E-state index in [-0.39, 0.29) is 53.8 Å². The molecule has 0 saturated heterocycles. The summed E-state index contributed by atoms with van der Waals surface area (Å²) < 4.78 is 0. The molecule has 0 radical (unpaired) electrons. The summed E-state index contributed by atoms with van der Waals surface area (Å²) >= 11 is 0. The Kier molecular flexibility index (Phi) is 174. The van der Waals surface area contributed by atoms with Crippen molar-refractivity contribution in [1.82, 2.24) is 0 Å². The van der Waals surface area contributed by atoms with E-state index in [1.165, 1.54) is 411 Å². The molecule has 0 aliphatic heterocycles. The van der Waals surface area contributed by atoms with E-state index in [0.717, 1.165) is 0 Å². The van der Waals surface area contributed by atoms with Crippen molar-refractivity contribution >= 4 is 17.4 Å². The van der Waals surface area contributed by atoms with Crippen LogP contribution in [0, 0.1) is 0 Å². The molecule has 0 amide bonds. The monoisotopic (exact) mass is 1210 g/mol. The van der Waals surface area contributed by atoms with Crippen LogP contribution in [0.15, 0.2) is 0 Å². The van der Waals surface area contributed by atoms with E-state index in [2.05, 4.69) is 111 Å². The zero-order valence-corrected chi connectivity index (χ0v) is 64.8. The van der Waals surface area contributed by atoms with Gasteiger partial charge in [0, 0.05) is 0 Å². The topological polar surface area (TPSA) is 31.5 Å². The van der Waals surface area contributed by atoms with Gasteiger partial charge in [0.15, 0.2) is 17.4 Å². The third-order valence-corrected chi connectivity index (χ3v) is 15.7. The van der Waals surface area contributed by atoms with Crippen molar-refractivity contribution in [3.63, 3.8) is 0 Å². The predicted molar refractivity (Wildman–Crippen MR) is 401 cm³/mol. The van der Waals surface area contributed by atoms with Crippen molar-refractivity contribution in [3.05, 3.63) is 0 Å². The minimum Gasteiger partial charge on any atom is -1.00 e. The number of hydrogen-bond donors (Lipinski definition) is 0. The Morgan fingerprint density at radius 1 is 0.108 bits per heavy atom. The molecule has 512 valence electrons. The minimum atomic E-state index is 0. The van der Waals surface area contributed by atoms with Crippen molar-refractivity contribution in [2.45, 2.75) is 522 Å². The van der Waals surface area contributed by atoms with Crippen LogP contribution in [0.1, 0.15) is 523 Å². The smallest absolute Gasteiger partial charge is 1.00 e. The van der Waals surface area contributed by atoms with Gasteiger partial charge in [0.1, 0.15) is 0 Å². The van der Waals surface area contributed by atoms with Gasteiger partial charge in [0.2, 0.25) is 0 Å². The summed E-state index contributed by atoms with van der Waals surface area (Å²) in [6.07, 6.45) is 91.7. The molecule has 2 N–H and O–H groups in total. The van der Waals surface area contributed by atoms with Crippen LogP contribution in [-0.2, 0) is 0 Å². The summed E-state index contributed by atoms with van der Waals surface area (Å²) in [5.41, 5.74) is 0. The molecule has 0 saturated carbocycles. The van der Waals surface area contributed by atoms with Crippen molar-refractivity contribution in [1.29, 1.82) is 0 Å². The van der Waals surface area contributed by atoms with Crippen LogP contribution in [0.4, 0.5) is 0 Å². The average Bonchev–Trinajstić information content (AvgIpc) is 3.47. The molecule has 0 atom stereocenters. The average molecular weight is 1210 g/mol. The molecule has 0 spiro atoms. The molecule has 0 aliphatic carbocycles. The number of hydrogen-bond acceptors (Lipinski definition) is 0.